The SMILES string of the molecule is COc1ccc(CC(=O)N2CCN(Cc3nc4ccccc4n3C)CC2)cc1OC. The summed E-state index contributed by atoms with van der Waals surface area (Å²) in [6, 6.07) is 13.8. The van der Waals surface area contributed by atoms with Crippen LogP contribution in [0.4, 0.5) is 0 Å². The molecule has 0 spiro atoms. The second kappa shape index (κ2) is 8.75. The van der Waals surface area contributed by atoms with Crippen molar-refractivity contribution in [1.82, 2.24) is 19.4 Å². The number of methoxy groups -OCH3 is 2. The maximum absolute atomic E-state index is 12.8. The third-order valence-electron chi connectivity index (χ3n) is 5.77. The number of rotatable bonds is 6. The third kappa shape index (κ3) is 4.11. The summed E-state index contributed by atoms with van der Waals surface area (Å²) < 4.78 is 12.8. The molecule has 7 heteroatoms. The molecular formula is C23H28N4O3. The van der Waals surface area contributed by atoms with Crippen molar-refractivity contribution in [3.05, 3.63) is 53.9 Å². The van der Waals surface area contributed by atoms with Crippen molar-refractivity contribution in [1.29, 1.82) is 0 Å². The van der Waals surface area contributed by atoms with Crippen LogP contribution in [0.5, 0.6) is 11.5 Å². The molecular weight excluding hydrogens is 380 g/mol. The number of carbonyl (C=O) groups is 1. The second-order valence-corrected chi connectivity index (χ2v) is 7.60. The number of amides is 1. The van der Waals surface area contributed by atoms with Gasteiger partial charge in [0.25, 0.3) is 0 Å². The quantitative estimate of drug-likeness (QED) is 0.627. The number of piperazine rings is 1. The Morgan fingerprint density at radius 2 is 1.73 bits per heavy atom. The minimum atomic E-state index is 0.143. The first kappa shape index (κ1) is 20.2. The Hall–Kier alpha value is -3.06. The van der Waals surface area contributed by atoms with Crippen LogP contribution in [-0.4, -0.2) is 65.7 Å². The molecule has 1 aromatic heterocycles. The van der Waals surface area contributed by atoms with Crippen LogP contribution in [0, 0.1) is 0 Å². The van der Waals surface area contributed by atoms with Crippen LogP contribution in [0.1, 0.15) is 11.4 Å². The fraction of sp³-hybridized carbons (Fsp3) is 0.391. The Bertz CT molecular complexity index is 1040. The maximum atomic E-state index is 12.8. The van der Waals surface area contributed by atoms with Crippen LogP contribution >= 0.6 is 0 Å². The lowest BCUT2D eigenvalue weighted by atomic mass is 10.1. The topological polar surface area (TPSA) is 59.8 Å². The average Bonchev–Trinajstić information content (AvgIpc) is 3.09. The zero-order chi connectivity index (χ0) is 21.1. The Morgan fingerprint density at radius 1 is 1.00 bits per heavy atom. The van der Waals surface area contributed by atoms with Gasteiger partial charge in [0.2, 0.25) is 5.91 Å². The standard InChI is InChI=1S/C23H28N4O3/c1-25-19-7-5-4-6-18(19)24-22(25)16-26-10-12-27(13-11-26)23(28)15-17-8-9-20(29-2)21(14-17)30-3/h4-9,14H,10-13,15-16H2,1-3H3. The molecule has 0 N–H and O–H groups in total. The van der Waals surface area contributed by atoms with E-state index in [0.717, 1.165) is 55.1 Å². The maximum Gasteiger partial charge on any atom is 0.227 e. The van der Waals surface area contributed by atoms with Crippen LogP contribution in [0.3, 0.4) is 0 Å². The summed E-state index contributed by atoms with van der Waals surface area (Å²) in [5, 5.41) is 0. The molecule has 0 unspecified atom stereocenters. The van der Waals surface area contributed by atoms with E-state index in [2.05, 4.69) is 22.6 Å². The predicted octanol–water partition coefficient (Wildman–Crippen LogP) is 2.48. The summed E-state index contributed by atoms with van der Waals surface area (Å²) in [4.78, 5) is 21.9. The zero-order valence-corrected chi connectivity index (χ0v) is 17.8. The van der Waals surface area contributed by atoms with Crippen molar-refractivity contribution < 1.29 is 14.3 Å². The van der Waals surface area contributed by atoms with E-state index in [-0.39, 0.29) is 5.91 Å². The van der Waals surface area contributed by atoms with Gasteiger partial charge >= 0.3 is 0 Å². The number of fused-ring (bicyclic) bond motifs is 1. The number of carbonyl (C=O) groups excluding carboxylic acids is 1. The fourth-order valence-corrected chi connectivity index (χ4v) is 3.97. The van der Waals surface area contributed by atoms with Gasteiger partial charge in [-0.25, -0.2) is 4.98 Å². The van der Waals surface area contributed by atoms with Crippen molar-refractivity contribution >= 4 is 16.9 Å². The second-order valence-electron chi connectivity index (χ2n) is 7.60. The Labute approximate surface area is 176 Å². The van der Waals surface area contributed by atoms with Gasteiger partial charge in [-0.3, -0.25) is 9.69 Å². The van der Waals surface area contributed by atoms with Gasteiger partial charge in [0.1, 0.15) is 5.82 Å². The molecule has 4 rings (SSSR count). The van der Waals surface area contributed by atoms with Gasteiger partial charge in [0.15, 0.2) is 11.5 Å². The number of para-hydroxylation sites is 2. The fourth-order valence-electron chi connectivity index (χ4n) is 3.97. The lowest BCUT2D eigenvalue weighted by Gasteiger charge is -2.34. The molecule has 2 aromatic carbocycles. The van der Waals surface area contributed by atoms with Gasteiger partial charge in [-0.05, 0) is 29.8 Å². The van der Waals surface area contributed by atoms with Gasteiger partial charge < -0.3 is 18.9 Å². The van der Waals surface area contributed by atoms with E-state index in [0.29, 0.717) is 17.9 Å². The molecule has 1 fully saturated rings. The Morgan fingerprint density at radius 3 is 2.43 bits per heavy atom. The number of hydrogen-bond donors (Lipinski definition) is 0. The predicted molar refractivity (Wildman–Crippen MR) is 116 cm³/mol. The van der Waals surface area contributed by atoms with E-state index in [1.807, 2.05) is 41.3 Å². The highest BCUT2D eigenvalue weighted by molar-refractivity contribution is 5.79. The van der Waals surface area contributed by atoms with Crippen molar-refractivity contribution in [2.45, 2.75) is 13.0 Å². The Kier molecular flexibility index (Phi) is 5.90. The zero-order valence-electron chi connectivity index (χ0n) is 17.8. The number of nitrogens with zero attached hydrogens (tertiary/aromatic N) is 4. The Balaban J connectivity index is 1.34. The first-order valence-corrected chi connectivity index (χ1v) is 10.2. The van der Waals surface area contributed by atoms with Gasteiger partial charge in [0, 0.05) is 33.2 Å². The molecule has 0 atom stereocenters. The van der Waals surface area contributed by atoms with E-state index in [4.69, 9.17) is 14.5 Å². The first-order chi connectivity index (χ1) is 14.6. The molecule has 1 aliphatic rings. The molecule has 0 bridgehead atoms. The minimum Gasteiger partial charge on any atom is -0.493 e. The van der Waals surface area contributed by atoms with E-state index in [9.17, 15) is 4.79 Å². The van der Waals surface area contributed by atoms with Crippen LogP contribution in [0.25, 0.3) is 11.0 Å². The van der Waals surface area contributed by atoms with E-state index in [1.54, 1.807) is 14.2 Å². The summed E-state index contributed by atoms with van der Waals surface area (Å²) in [5.41, 5.74) is 3.11. The highest BCUT2D eigenvalue weighted by atomic mass is 16.5. The summed E-state index contributed by atoms with van der Waals surface area (Å²) in [5.74, 6) is 2.52. The van der Waals surface area contributed by atoms with Gasteiger partial charge in [-0.2, -0.15) is 0 Å². The van der Waals surface area contributed by atoms with Crippen molar-refractivity contribution in [2.75, 3.05) is 40.4 Å². The van der Waals surface area contributed by atoms with Crippen LogP contribution in [-0.2, 0) is 24.8 Å². The molecule has 158 valence electrons. The van der Waals surface area contributed by atoms with Crippen molar-refractivity contribution in [2.24, 2.45) is 7.05 Å². The number of aromatic nitrogens is 2. The molecule has 3 aromatic rings. The number of hydrogen-bond acceptors (Lipinski definition) is 5. The normalized spacial score (nSPS) is 14.8. The molecule has 2 heterocycles. The third-order valence-corrected chi connectivity index (χ3v) is 5.77. The van der Waals surface area contributed by atoms with E-state index >= 15 is 0 Å². The van der Waals surface area contributed by atoms with Gasteiger partial charge in [-0.1, -0.05) is 18.2 Å². The number of benzene rings is 2. The van der Waals surface area contributed by atoms with Crippen LogP contribution < -0.4 is 9.47 Å². The van der Waals surface area contributed by atoms with Crippen molar-refractivity contribution in [3.63, 3.8) is 0 Å². The van der Waals surface area contributed by atoms with E-state index in [1.165, 1.54) is 0 Å². The molecule has 30 heavy (non-hydrogen) atoms. The summed E-state index contributed by atoms with van der Waals surface area (Å²) in [7, 11) is 5.27. The lowest BCUT2D eigenvalue weighted by Crippen LogP contribution is -2.48. The highest BCUT2D eigenvalue weighted by Gasteiger charge is 2.23. The smallest absolute Gasteiger partial charge is 0.227 e. The van der Waals surface area contributed by atoms with Gasteiger partial charge in [0.05, 0.1) is 38.2 Å². The molecule has 1 aliphatic heterocycles. The molecule has 0 saturated carbocycles. The van der Waals surface area contributed by atoms with Crippen LogP contribution in [0.15, 0.2) is 42.5 Å². The summed E-state index contributed by atoms with van der Waals surface area (Å²) in [6.45, 7) is 3.96. The summed E-state index contributed by atoms with van der Waals surface area (Å²) >= 11 is 0. The largest absolute Gasteiger partial charge is 0.493 e. The number of ether oxygens (including phenoxy) is 2. The van der Waals surface area contributed by atoms with Gasteiger partial charge in [-0.15, -0.1) is 0 Å². The lowest BCUT2D eigenvalue weighted by molar-refractivity contribution is -0.132. The van der Waals surface area contributed by atoms with Crippen LogP contribution in [0.2, 0.25) is 0 Å². The number of aryl methyl sites for hydroxylation is 1. The molecule has 0 radical (unpaired) electrons. The first-order valence-electron chi connectivity index (χ1n) is 10.2. The van der Waals surface area contributed by atoms with Crippen molar-refractivity contribution in [3.8, 4) is 11.5 Å². The molecule has 0 aliphatic carbocycles. The highest BCUT2D eigenvalue weighted by Crippen LogP contribution is 2.28. The number of imidazole rings is 1. The van der Waals surface area contributed by atoms with E-state index < -0.39 is 0 Å². The monoisotopic (exact) mass is 408 g/mol. The summed E-state index contributed by atoms with van der Waals surface area (Å²) in [6.07, 6.45) is 0.366. The molecule has 7 nitrogen and oxygen atoms in total. The molecule has 1 saturated heterocycles. The molecule has 1 amide bonds. The average molecular weight is 409 g/mol. The minimum absolute atomic E-state index is 0.143.